The Labute approximate surface area is 62.1 Å². The molecule has 0 fully saturated rings. The van der Waals surface area contributed by atoms with Crippen molar-refractivity contribution in [2.45, 2.75) is 26.8 Å². The van der Waals surface area contributed by atoms with Crippen molar-refractivity contribution < 1.29 is 4.79 Å². The van der Waals surface area contributed by atoms with Crippen LogP contribution in [0.5, 0.6) is 0 Å². The van der Waals surface area contributed by atoms with Gasteiger partial charge in [0.15, 0.2) is 0 Å². The van der Waals surface area contributed by atoms with E-state index in [0.717, 1.165) is 0 Å². The van der Waals surface area contributed by atoms with Crippen LogP contribution in [-0.2, 0) is 4.79 Å². The maximum atomic E-state index is 10.0. The van der Waals surface area contributed by atoms with Gasteiger partial charge in [-0.05, 0) is 19.8 Å². The maximum absolute atomic E-state index is 10.0. The van der Waals surface area contributed by atoms with Crippen LogP contribution in [0.1, 0.15) is 20.8 Å². The highest BCUT2D eigenvalue weighted by molar-refractivity contribution is 5.59. The quantitative estimate of drug-likeness (QED) is 0.595. The molecule has 0 spiro atoms. The summed E-state index contributed by atoms with van der Waals surface area (Å²) in [5.41, 5.74) is 6.58. The largest absolute Gasteiger partial charge is 0.321 e. The average molecular weight is 140 g/mol. The molecule has 0 bridgehead atoms. The highest BCUT2D eigenvalue weighted by atomic mass is 16.1. The second-order valence-corrected chi connectivity index (χ2v) is 2.75. The van der Waals surface area contributed by atoms with E-state index in [1.807, 2.05) is 26.8 Å². The monoisotopic (exact) mass is 140 g/mol. The second kappa shape index (κ2) is 4.23. The first kappa shape index (κ1) is 9.37. The van der Waals surface area contributed by atoms with Crippen LogP contribution in [0.2, 0.25) is 0 Å². The van der Waals surface area contributed by atoms with Crippen molar-refractivity contribution in [2.24, 2.45) is 11.7 Å². The van der Waals surface area contributed by atoms with Gasteiger partial charge in [-0.2, -0.15) is 0 Å². The average Bonchev–Trinajstić information content (AvgIpc) is 1.85. The van der Waals surface area contributed by atoms with Gasteiger partial charge >= 0.3 is 0 Å². The molecule has 2 N–H and O–H groups in total. The van der Waals surface area contributed by atoms with Gasteiger partial charge in [-0.25, -0.2) is 0 Å². The van der Waals surface area contributed by atoms with Crippen LogP contribution in [0.25, 0.3) is 0 Å². The van der Waals surface area contributed by atoms with E-state index in [1.165, 1.54) is 5.57 Å². The summed E-state index contributed by atoms with van der Waals surface area (Å²) in [4.78, 5) is 10.0. The zero-order valence-electron chi connectivity index (χ0n) is 6.72. The van der Waals surface area contributed by atoms with Crippen molar-refractivity contribution in [3.8, 4) is 0 Å². The van der Waals surface area contributed by atoms with Crippen LogP contribution in [0, 0.1) is 5.92 Å². The predicted molar refractivity (Wildman–Crippen MR) is 42.3 cm³/mol. The van der Waals surface area contributed by atoms with Crippen molar-refractivity contribution in [3.63, 3.8) is 0 Å². The van der Waals surface area contributed by atoms with Crippen LogP contribution in [-0.4, -0.2) is 12.3 Å². The van der Waals surface area contributed by atoms with E-state index in [1.54, 1.807) is 6.29 Å². The molecule has 1 unspecified atom stereocenters. The molecule has 0 aromatic rings. The lowest BCUT2D eigenvalue weighted by molar-refractivity contribution is 0.521. The van der Waals surface area contributed by atoms with Crippen LogP contribution in [0.4, 0.5) is 0 Å². The molecule has 0 aromatic heterocycles. The van der Waals surface area contributed by atoms with E-state index in [0.29, 0.717) is 0 Å². The molecule has 0 aliphatic carbocycles. The van der Waals surface area contributed by atoms with Gasteiger partial charge < -0.3 is 5.73 Å². The lowest BCUT2D eigenvalue weighted by Crippen LogP contribution is -2.28. The first-order valence-electron chi connectivity index (χ1n) is 3.36. The fraction of sp³-hybridized carbons (Fsp3) is 0.625. The Bertz CT molecular complexity index is 136. The van der Waals surface area contributed by atoms with Crippen molar-refractivity contribution in [1.29, 1.82) is 0 Å². The third-order valence-corrected chi connectivity index (χ3v) is 1.30. The van der Waals surface area contributed by atoms with E-state index in [-0.39, 0.29) is 5.92 Å². The Balaban J connectivity index is 3.95. The predicted octanol–water partition coefficient (Wildman–Crippen LogP) is 1.03. The molecular formula is C8H14NO. The molecule has 10 heavy (non-hydrogen) atoms. The molecule has 0 aliphatic heterocycles. The summed E-state index contributed by atoms with van der Waals surface area (Å²) in [6.07, 6.45) is 3.72. The molecule has 0 aliphatic rings. The molecule has 2 atom stereocenters. The van der Waals surface area contributed by atoms with Gasteiger partial charge in [0.05, 0.1) is 6.04 Å². The van der Waals surface area contributed by atoms with Gasteiger partial charge in [0, 0.05) is 0 Å². The highest BCUT2D eigenvalue weighted by Crippen LogP contribution is 2.03. The lowest BCUT2D eigenvalue weighted by atomic mass is 10.0. The summed E-state index contributed by atoms with van der Waals surface area (Å²) in [5.74, 6) is 0.0995. The maximum Gasteiger partial charge on any atom is 0.217 e. The van der Waals surface area contributed by atoms with Crippen molar-refractivity contribution >= 4 is 6.29 Å². The molecular weight excluding hydrogens is 126 g/mol. The van der Waals surface area contributed by atoms with Crippen molar-refractivity contribution in [1.82, 2.24) is 0 Å². The molecule has 2 heteroatoms. The van der Waals surface area contributed by atoms with Gasteiger partial charge in [-0.1, -0.05) is 18.6 Å². The number of allylic oxidation sites excluding steroid dienone is 1. The number of rotatable bonds is 3. The molecule has 0 rings (SSSR count). The first-order chi connectivity index (χ1) is 4.57. The van der Waals surface area contributed by atoms with E-state index in [2.05, 4.69) is 0 Å². The molecule has 57 valence electrons. The Hall–Kier alpha value is -0.630. The number of hydrogen-bond acceptors (Lipinski definition) is 2. The van der Waals surface area contributed by atoms with E-state index in [9.17, 15) is 4.79 Å². The Morgan fingerprint density at radius 1 is 1.60 bits per heavy atom. The van der Waals surface area contributed by atoms with Crippen LogP contribution in [0.3, 0.4) is 0 Å². The Morgan fingerprint density at radius 3 is 2.40 bits per heavy atom. The van der Waals surface area contributed by atoms with Gasteiger partial charge in [0.25, 0.3) is 0 Å². The number of nitrogens with two attached hydrogens (primary N) is 1. The fourth-order valence-electron chi connectivity index (χ4n) is 0.737. The molecule has 0 amide bonds. The van der Waals surface area contributed by atoms with Gasteiger partial charge in [-0.3, -0.25) is 4.79 Å². The molecule has 1 radical (unpaired) electrons. The summed E-state index contributed by atoms with van der Waals surface area (Å²) in [7, 11) is 0. The van der Waals surface area contributed by atoms with Crippen LogP contribution >= 0.6 is 0 Å². The van der Waals surface area contributed by atoms with Gasteiger partial charge in [0.1, 0.15) is 0 Å². The number of carbonyl (C=O) groups excluding carboxylic acids is 1. The zero-order chi connectivity index (χ0) is 8.15. The Kier molecular flexibility index (Phi) is 3.96. The fourth-order valence-corrected chi connectivity index (χ4v) is 0.737. The standard InChI is InChI=1S/C8H14NO/c1-6(2)4-7(3)8(9)5-10/h4,7-8H,9H2,1-3H3/t7?,8-/m1/s1. The molecule has 0 aromatic carbocycles. The molecule has 0 saturated heterocycles. The molecule has 0 heterocycles. The van der Waals surface area contributed by atoms with E-state index < -0.39 is 6.04 Å². The van der Waals surface area contributed by atoms with Crippen LogP contribution < -0.4 is 5.73 Å². The lowest BCUT2D eigenvalue weighted by Gasteiger charge is -2.08. The third kappa shape index (κ3) is 3.41. The Morgan fingerprint density at radius 2 is 2.10 bits per heavy atom. The normalized spacial score (nSPS) is 15.6. The SMILES string of the molecule is CC(C)=CC(C)[C@H](N)[C]=O. The van der Waals surface area contributed by atoms with Crippen LogP contribution in [0.15, 0.2) is 11.6 Å². The first-order valence-corrected chi connectivity index (χ1v) is 3.36. The minimum absolute atomic E-state index is 0.0995. The smallest absolute Gasteiger partial charge is 0.217 e. The summed E-state index contributed by atoms with van der Waals surface area (Å²) in [6, 6.07) is -0.477. The summed E-state index contributed by atoms with van der Waals surface area (Å²) >= 11 is 0. The summed E-state index contributed by atoms with van der Waals surface area (Å²) < 4.78 is 0. The zero-order valence-corrected chi connectivity index (χ0v) is 6.72. The summed E-state index contributed by atoms with van der Waals surface area (Å²) in [5, 5.41) is 0. The molecule has 0 saturated carbocycles. The second-order valence-electron chi connectivity index (χ2n) is 2.75. The highest BCUT2D eigenvalue weighted by Gasteiger charge is 2.08. The van der Waals surface area contributed by atoms with Crippen molar-refractivity contribution in [2.75, 3.05) is 0 Å². The minimum Gasteiger partial charge on any atom is -0.321 e. The molecule has 2 nitrogen and oxygen atoms in total. The van der Waals surface area contributed by atoms with Gasteiger partial charge in [0.2, 0.25) is 6.29 Å². The number of hydrogen-bond donors (Lipinski definition) is 1. The minimum atomic E-state index is -0.477. The third-order valence-electron chi connectivity index (χ3n) is 1.30. The topological polar surface area (TPSA) is 43.1 Å². The summed E-state index contributed by atoms with van der Waals surface area (Å²) in [6.45, 7) is 5.87. The van der Waals surface area contributed by atoms with E-state index >= 15 is 0 Å². The van der Waals surface area contributed by atoms with E-state index in [4.69, 9.17) is 5.73 Å². The van der Waals surface area contributed by atoms with Gasteiger partial charge in [-0.15, -0.1) is 0 Å². The van der Waals surface area contributed by atoms with Crippen molar-refractivity contribution in [3.05, 3.63) is 11.6 Å².